The van der Waals surface area contributed by atoms with Crippen molar-refractivity contribution < 1.29 is 9.13 Å². The fourth-order valence-corrected chi connectivity index (χ4v) is 2.03. The van der Waals surface area contributed by atoms with Crippen molar-refractivity contribution in [1.82, 2.24) is 10.2 Å². The normalized spacial score (nSPS) is 16.0. The van der Waals surface area contributed by atoms with Gasteiger partial charge in [-0.25, -0.2) is 4.39 Å². The van der Waals surface area contributed by atoms with Gasteiger partial charge < -0.3 is 10.1 Å². The molecule has 0 atom stereocenters. The van der Waals surface area contributed by atoms with E-state index in [1.165, 1.54) is 6.07 Å². The van der Waals surface area contributed by atoms with Gasteiger partial charge in [-0.15, -0.1) is 0 Å². The largest absolute Gasteiger partial charge is 0.497 e. The van der Waals surface area contributed by atoms with Crippen LogP contribution in [0.15, 0.2) is 18.2 Å². The van der Waals surface area contributed by atoms with Gasteiger partial charge in [0.15, 0.2) is 0 Å². The summed E-state index contributed by atoms with van der Waals surface area (Å²) in [5.41, 5.74) is 0.736. The molecule has 0 spiro atoms. The zero-order valence-electron chi connectivity index (χ0n) is 10.4. The average molecular weight is 238 g/mol. The molecular weight excluding hydrogens is 219 g/mol. The SMILES string of the molecule is CCN(Cc1ccc(OC)cc1F)C1CNC1. The molecule has 1 aromatic carbocycles. The third kappa shape index (κ3) is 2.76. The lowest BCUT2D eigenvalue weighted by molar-refractivity contribution is 0.143. The molecule has 1 aromatic rings. The van der Waals surface area contributed by atoms with Crippen molar-refractivity contribution in [3.63, 3.8) is 0 Å². The van der Waals surface area contributed by atoms with Crippen LogP contribution in [0.3, 0.4) is 0 Å². The molecule has 0 amide bonds. The summed E-state index contributed by atoms with van der Waals surface area (Å²) in [6.45, 7) is 5.73. The summed E-state index contributed by atoms with van der Waals surface area (Å²) in [6.07, 6.45) is 0. The minimum absolute atomic E-state index is 0.185. The highest BCUT2D eigenvalue weighted by Gasteiger charge is 2.23. The molecule has 1 fully saturated rings. The summed E-state index contributed by atoms with van der Waals surface area (Å²) in [4.78, 5) is 2.29. The van der Waals surface area contributed by atoms with Crippen molar-refractivity contribution in [3.8, 4) is 5.75 Å². The number of nitrogens with one attached hydrogen (secondary N) is 1. The van der Waals surface area contributed by atoms with Gasteiger partial charge >= 0.3 is 0 Å². The van der Waals surface area contributed by atoms with E-state index < -0.39 is 0 Å². The zero-order valence-corrected chi connectivity index (χ0v) is 10.4. The van der Waals surface area contributed by atoms with Crippen LogP contribution in [-0.2, 0) is 6.54 Å². The standard InChI is InChI=1S/C13H19FN2O/c1-3-16(11-7-15-8-11)9-10-4-5-12(17-2)6-13(10)14/h4-6,11,15H,3,7-9H2,1-2H3. The summed E-state index contributed by atoms with van der Waals surface area (Å²) in [5, 5.41) is 3.24. The van der Waals surface area contributed by atoms with Crippen LogP contribution in [-0.4, -0.2) is 37.7 Å². The van der Waals surface area contributed by atoms with E-state index in [1.54, 1.807) is 7.11 Å². The van der Waals surface area contributed by atoms with Crippen molar-refractivity contribution in [2.24, 2.45) is 0 Å². The van der Waals surface area contributed by atoms with Gasteiger partial charge in [0.05, 0.1) is 7.11 Å². The van der Waals surface area contributed by atoms with Gasteiger partial charge in [-0.05, 0) is 12.6 Å². The number of hydrogen-bond acceptors (Lipinski definition) is 3. The molecule has 94 valence electrons. The smallest absolute Gasteiger partial charge is 0.131 e. The number of hydrogen-bond donors (Lipinski definition) is 1. The number of nitrogens with zero attached hydrogens (tertiary/aromatic N) is 1. The fraction of sp³-hybridized carbons (Fsp3) is 0.538. The Morgan fingerprint density at radius 1 is 1.47 bits per heavy atom. The van der Waals surface area contributed by atoms with Crippen molar-refractivity contribution in [2.45, 2.75) is 19.5 Å². The first-order valence-corrected chi connectivity index (χ1v) is 6.01. The highest BCUT2D eigenvalue weighted by Crippen LogP contribution is 2.19. The fourth-order valence-electron chi connectivity index (χ4n) is 2.03. The monoisotopic (exact) mass is 238 g/mol. The Kier molecular flexibility index (Phi) is 3.97. The highest BCUT2D eigenvalue weighted by atomic mass is 19.1. The number of methoxy groups -OCH3 is 1. The van der Waals surface area contributed by atoms with Crippen LogP contribution in [0.4, 0.5) is 4.39 Å². The average Bonchev–Trinajstić information content (AvgIpc) is 2.28. The number of rotatable bonds is 5. The third-order valence-corrected chi connectivity index (χ3v) is 3.32. The minimum atomic E-state index is -0.185. The molecule has 1 aliphatic rings. The van der Waals surface area contributed by atoms with Crippen LogP contribution in [0.5, 0.6) is 5.75 Å². The van der Waals surface area contributed by atoms with Crippen molar-refractivity contribution >= 4 is 0 Å². The number of benzene rings is 1. The lowest BCUT2D eigenvalue weighted by atomic mass is 10.1. The second-order valence-corrected chi connectivity index (χ2v) is 4.33. The summed E-state index contributed by atoms with van der Waals surface area (Å²) in [7, 11) is 1.55. The van der Waals surface area contributed by atoms with Gasteiger partial charge in [0, 0.05) is 37.3 Å². The molecule has 0 aliphatic carbocycles. The predicted octanol–water partition coefficient (Wildman–Crippen LogP) is 1.63. The second kappa shape index (κ2) is 5.47. The summed E-state index contributed by atoms with van der Waals surface area (Å²) >= 11 is 0. The Morgan fingerprint density at radius 3 is 2.71 bits per heavy atom. The maximum Gasteiger partial charge on any atom is 0.131 e. The molecule has 1 saturated heterocycles. The van der Waals surface area contributed by atoms with Gasteiger partial charge in [-0.2, -0.15) is 0 Å². The molecule has 1 N–H and O–H groups in total. The summed E-state index contributed by atoms with van der Waals surface area (Å²) in [6, 6.07) is 5.61. The topological polar surface area (TPSA) is 24.5 Å². The Labute approximate surface area is 102 Å². The number of likely N-dealkylation sites (N-methyl/N-ethyl adjacent to an activating group) is 1. The Bertz CT molecular complexity index is 380. The third-order valence-electron chi connectivity index (χ3n) is 3.32. The molecule has 0 aromatic heterocycles. The van der Waals surface area contributed by atoms with Gasteiger partial charge in [-0.3, -0.25) is 4.90 Å². The highest BCUT2D eigenvalue weighted by molar-refractivity contribution is 5.28. The van der Waals surface area contributed by atoms with Crippen LogP contribution in [0, 0.1) is 5.82 Å². The van der Waals surface area contributed by atoms with Gasteiger partial charge in [0.1, 0.15) is 11.6 Å². The van der Waals surface area contributed by atoms with E-state index in [1.807, 2.05) is 12.1 Å². The van der Waals surface area contributed by atoms with Crippen LogP contribution in [0.25, 0.3) is 0 Å². The molecule has 2 rings (SSSR count). The quantitative estimate of drug-likeness (QED) is 0.843. The van der Waals surface area contributed by atoms with Crippen LogP contribution < -0.4 is 10.1 Å². The molecule has 4 heteroatoms. The van der Waals surface area contributed by atoms with Crippen LogP contribution >= 0.6 is 0 Å². The Morgan fingerprint density at radius 2 is 2.24 bits per heavy atom. The molecular formula is C13H19FN2O. The first-order valence-electron chi connectivity index (χ1n) is 6.01. The molecule has 17 heavy (non-hydrogen) atoms. The first kappa shape index (κ1) is 12.3. The number of ether oxygens (including phenoxy) is 1. The molecule has 0 bridgehead atoms. The lowest BCUT2D eigenvalue weighted by Crippen LogP contribution is -2.56. The van der Waals surface area contributed by atoms with Crippen LogP contribution in [0.2, 0.25) is 0 Å². The first-order chi connectivity index (χ1) is 8.24. The van der Waals surface area contributed by atoms with E-state index in [0.29, 0.717) is 18.3 Å². The minimum Gasteiger partial charge on any atom is -0.497 e. The zero-order chi connectivity index (χ0) is 12.3. The Hall–Kier alpha value is -1.13. The van der Waals surface area contributed by atoms with E-state index in [4.69, 9.17) is 4.74 Å². The molecule has 1 heterocycles. The summed E-state index contributed by atoms with van der Waals surface area (Å²) < 4.78 is 18.8. The molecule has 1 aliphatic heterocycles. The summed E-state index contributed by atoms with van der Waals surface area (Å²) in [5.74, 6) is 0.384. The lowest BCUT2D eigenvalue weighted by Gasteiger charge is -2.37. The van der Waals surface area contributed by atoms with Gasteiger partial charge in [-0.1, -0.05) is 13.0 Å². The van der Waals surface area contributed by atoms with E-state index in [9.17, 15) is 4.39 Å². The Balaban J connectivity index is 2.06. The van der Waals surface area contributed by atoms with E-state index in [-0.39, 0.29) is 5.82 Å². The van der Waals surface area contributed by atoms with Crippen LogP contribution in [0.1, 0.15) is 12.5 Å². The van der Waals surface area contributed by atoms with Gasteiger partial charge in [0.25, 0.3) is 0 Å². The predicted molar refractivity (Wildman–Crippen MR) is 65.7 cm³/mol. The van der Waals surface area contributed by atoms with Crippen molar-refractivity contribution in [2.75, 3.05) is 26.7 Å². The van der Waals surface area contributed by atoms with E-state index >= 15 is 0 Å². The van der Waals surface area contributed by atoms with Gasteiger partial charge in [0.2, 0.25) is 0 Å². The molecule has 0 unspecified atom stereocenters. The molecule has 3 nitrogen and oxygen atoms in total. The van der Waals surface area contributed by atoms with Crippen molar-refractivity contribution in [3.05, 3.63) is 29.6 Å². The second-order valence-electron chi connectivity index (χ2n) is 4.33. The number of halogens is 1. The molecule has 0 saturated carbocycles. The van der Waals surface area contributed by atoms with Crippen molar-refractivity contribution in [1.29, 1.82) is 0 Å². The molecule has 0 radical (unpaired) electrons. The van der Waals surface area contributed by atoms with E-state index in [2.05, 4.69) is 17.1 Å². The maximum atomic E-state index is 13.8. The maximum absolute atomic E-state index is 13.8. The van der Waals surface area contributed by atoms with E-state index in [0.717, 1.165) is 25.2 Å².